The third-order valence-corrected chi connectivity index (χ3v) is 10.7. The summed E-state index contributed by atoms with van der Waals surface area (Å²) in [7, 11) is 1.46. The van der Waals surface area contributed by atoms with Crippen LogP contribution in [-0.2, 0) is 72.0 Å². The van der Waals surface area contributed by atoms with Gasteiger partial charge in [-0.3, -0.25) is 19.2 Å². The molecule has 0 bridgehead atoms. The van der Waals surface area contributed by atoms with Crippen molar-refractivity contribution in [1.82, 2.24) is 4.90 Å². The number of methoxy groups -OCH3 is 1. The van der Waals surface area contributed by atoms with Crippen LogP contribution in [0.5, 0.6) is 0 Å². The summed E-state index contributed by atoms with van der Waals surface area (Å²) in [5.41, 5.74) is 3.12. The number of carbonyl (C=O) groups excluding carboxylic acids is 5. The molecule has 0 spiro atoms. The molecule has 63 heavy (non-hydrogen) atoms. The van der Waals surface area contributed by atoms with E-state index >= 15 is 0 Å². The van der Waals surface area contributed by atoms with Crippen molar-refractivity contribution in [2.24, 2.45) is 5.92 Å². The largest absolute Gasteiger partial charge is 0.453 e. The average Bonchev–Trinajstić information content (AvgIpc) is 3.71. The van der Waals surface area contributed by atoms with Crippen molar-refractivity contribution in [3.8, 4) is 0 Å². The first-order chi connectivity index (χ1) is 30.7. The Kier molecular flexibility index (Phi) is 17.4. The summed E-state index contributed by atoms with van der Waals surface area (Å²) in [6.07, 6.45) is -4.45. The van der Waals surface area contributed by atoms with Crippen LogP contribution in [-0.4, -0.2) is 103 Å². The van der Waals surface area contributed by atoms with Crippen LogP contribution in [0.1, 0.15) is 48.1 Å². The summed E-state index contributed by atoms with van der Waals surface area (Å²) in [5, 5.41) is 10.4. The standard InChI is InChI=1S/C49H53NO13/c1-33(52)62-43(39(28-34-16-7-3-8-17-34)47(55)50-40(32-61-49(50)56)37-22-13-6-14-23-37)41(54)26-25-38(53)24-15-27-58-46-45(60-31-36-20-11-5-12-21-36)44(42(29-51)63-48(46)57-2)59-30-35-18-9-4-10-19-35/h3-14,16-23,25-26,39-40,42-46,48,51H,15,24,27-32H2,1-2H3/t39-,40+,42-,43-,44-,45+,46+,48+/m1/s1. The summed E-state index contributed by atoms with van der Waals surface area (Å²) >= 11 is 0. The van der Waals surface area contributed by atoms with Crippen molar-refractivity contribution in [3.05, 3.63) is 156 Å². The first kappa shape index (κ1) is 46.6. The van der Waals surface area contributed by atoms with E-state index < -0.39 is 78.3 Å². The van der Waals surface area contributed by atoms with E-state index in [1.165, 1.54) is 7.11 Å². The van der Waals surface area contributed by atoms with Crippen molar-refractivity contribution in [1.29, 1.82) is 0 Å². The fraction of sp³-hybridized carbons (Fsp3) is 0.367. The van der Waals surface area contributed by atoms with Crippen LogP contribution in [0.25, 0.3) is 0 Å². The lowest BCUT2D eigenvalue weighted by Gasteiger charge is -2.45. The number of carbonyl (C=O) groups is 5. The zero-order chi connectivity index (χ0) is 44.6. The molecule has 0 unspecified atom stereocenters. The number of allylic oxidation sites excluding steroid dienone is 1. The maximum atomic E-state index is 14.4. The smallest absolute Gasteiger partial charge is 0.417 e. The van der Waals surface area contributed by atoms with Crippen LogP contribution in [0.3, 0.4) is 0 Å². The Balaban J connectivity index is 1.13. The highest BCUT2D eigenvalue weighted by atomic mass is 16.7. The highest BCUT2D eigenvalue weighted by Crippen LogP contribution is 2.33. The molecule has 0 aromatic heterocycles. The SMILES string of the molecule is CO[C@H]1O[C@H](CO)[C@@H](OCc2ccccc2)[C@H](OCc2ccccc2)[C@@H]1OCCCC(=O)C=CC(=O)[C@H](OC(C)=O)[C@@H](Cc1ccccc1)C(=O)N1C(=O)OC[C@H]1c1ccccc1. The molecule has 2 aliphatic heterocycles. The van der Waals surface area contributed by atoms with Crippen molar-refractivity contribution < 1.29 is 62.2 Å². The number of hydrogen-bond acceptors (Lipinski definition) is 13. The molecule has 2 amide bonds. The zero-order valence-electron chi connectivity index (χ0n) is 35.3. The number of aliphatic hydroxyl groups excluding tert-OH is 1. The van der Waals surface area contributed by atoms with E-state index in [4.69, 9.17) is 33.2 Å². The second-order valence-corrected chi connectivity index (χ2v) is 15.2. The second-order valence-electron chi connectivity index (χ2n) is 15.2. The molecule has 2 heterocycles. The first-order valence-electron chi connectivity index (χ1n) is 20.9. The number of nitrogens with zero attached hydrogens (tertiary/aromatic N) is 1. The van der Waals surface area contributed by atoms with Gasteiger partial charge in [0.2, 0.25) is 5.91 Å². The number of benzene rings is 4. The minimum atomic E-state index is -1.67. The van der Waals surface area contributed by atoms with Gasteiger partial charge in [0, 0.05) is 27.1 Å². The molecule has 2 fully saturated rings. The number of amides is 2. The fourth-order valence-electron chi connectivity index (χ4n) is 7.61. The van der Waals surface area contributed by atoms with Gasteiger partial charge in [-0.05, 0) is 47.2 Å². The summed E-state index contributed by atoms with van der Waals surface area (Å²) in [4.78, 5) is 68.0. The van der Waals surface area contributed by atoms with E-state index in [1.807, 2.05) is 60.7 Å². The van der Waals surface area contributed by atoms with E-state index in [0.717, 1.165) is 35.1 Å². The van der Waals surface area contributed by atoms with Crippen LogP contribution in [0.4, 0.5) is 4.79 Å². The van der Waals surface area contributed by atoms with Crippen LogP contribution in [0.2, 0.25) is 0 Å². The number of rotatable bonds is 22. The Hall–Kier alpha value is -5.87. The molecule has 0 saturated carbocycles. The van der Waals surface area contributed by atoms with Crippen LogP contribution < -0.4 is 0 Å². The molecule has 2 saturated heterocycles. The maximum Gasteiger partial charge on any atom is 0.417 e. The van der Waals surface area contributed by atoms with Gasteiger partial charge in [-0.1, -0.05) is 121 Å². The van der Waals surface area contributed by atoms with Gasteiger partial charge in [0.15, 0.2) is 24.0 Å². The number of esters is 1. The fourth-order valence-corrected chi connectivity index (χ4v) is 7.61. The monoisotopic (exact) mass is 863 g/mol. The molecule has 0 radical (unpaired) electrons. The molecule has 1 N–H and O–H groups in total. The number of ketones is 2. The summed E-state index contributed by atoms with van der Waals surface area (Å²) in [6, 6.07) is 36.0. The number of aliphatic hydroxyl groups is 1. The van der Waals surface area contributed by atoms with Gasteiger partial charge in [-0.25, -0.2) is 9.69 Å². The minimum Gasteiger partial charge on any atom is -0.453 e. The van der Waals surface area contributed by atoms with Crippen LogP contribution >= 0.6 is 0 Å². The van der Waals surface area contributed by atoms with Crippen molar-refractivity contribution >= 4 is 29.5 Å². The predicted molar refractivity (Wildman–Crippen MR) is 227 cm³/mol. The lowest BCUT2D eigenvalue weighted by atomic mass is 9.89. The number of ether oxygens (including phenoxy) is 7. The molecule has 332 valence electrons. The molecule has 8 atom stereocenters. The summed E-state index contributed by atoms with van der Waals surface area (Å²) < 4.78 is 41.7. The maximum absolute atomic E-state index is 14.4. The number of imide groups is 1. The van der Waals surface area contributed by atoms with Gasteiger partial charge in [-0.15, -0.1) is 0 Å². The molecule has 6 rings (SSSR count). The van der Waals surface area contributed by atoms with Gasteiger partial charge in [0.1, 0.15) is 37.1 Å². The molecule has 4 aromatic rings. The molecule has 14 heteroatoms. The van der Waals surface area contributed by atoms with E-state index in [2.05, 4.69) is 0 Å². The molecular formula is C49H53NO13. The second kappa shape index (κ2) is 23.5. The molecule has 4 aromatic carbocycles. The highest BCUT2D eigenvalue weighted by Gasteiger charge is 2.49. The highest BCUT2D eigenvalue weighted by molar-refractivity contribution is 6.04. The third-order valence-electron chi connectivity index (χ3n) is 10.7. The van der Waals surface area contributed by atoms with E-state index in [0.29, 0.717) is 11.1 Å². The third kappa shape index (κ3) is 12.9. The number of cyclic esters (lactones) is 1. The number of hydrogen-bond donors (Lipinski definition) is 1. The zero-order valence-corrected chi connectivity index (χ0v) is 35.3. The Morgan fingerprint density at radius 1 is 0.762 bits per heavy atom. The van der Waals surface area contributed by atoms with Crippen molar-refractivity contribution in [2.45, 2.75) is 82.3 Å². The average molecular weight is 864 g/mol. The Bertz CT molecular complexity index is 2120. The lowest BCUT2D eigenvalue weighted by Crippen LogP contribution is -2.61. The molecule has 2 aliphatic rings. The van der Waals surface area contributed by atoms with E-state index in [9.17, 15) is 29.1 Å². The van der Waals surface area contributed by atoms with Crippen molar-refractivity contribution in [3.63, 3.8) is 0 Å². The van der Waals surface area contributed by atoms with Gasteiger partial charge in [-0.2, -0.15) is 0 Å². The first-order valence-corrected chi connectivity index (χ1v) is 20.9. The summed E-state index contributed by atoms with van der Waals surface area (Å²) in [6.45, 7) is 1.14. The van der Waals surface area contributed by atoms with E-state index in [1.54, 1.807) is 60.7 Å². The topological polar surface area (TPSA) is 173 Å². The van der Waals surface area contributed by atoms with Gasteiger partial charge in [0.25, 0.3) is 0 Å². The van der Waals surface area contributed by atoms with Gasteiger partial charge < -0.3 is 38.3 Å². The van der Waals surface area contributed by atoms with Crippen LogP contribution in [0, 0.1) is 5.92 Å². The van der Waals surface area contributed by atoms with Crippen LogP contribution in [0.15, 0.2) is 133 Å². The normalized spacial score (nSPS) is 22.0. The lowest BCUT2D eigenvalue weighted by molar-refractivity contribution is -0.319. The Morgan fingerprint density at radius 2 is 1.33 bits per heavy atom. The molecule has 0 aliphatic carbocycles. The van der Waals surface area contributed by atoms with Gasteiger partial charge in [0.05, 0.1) is 25.7 Å². The van der Waals surface area contributed by atoms with E-state index in [-0.39, 0.29) is 52.3 Å². The Morgan fingerprint density at radius 3 is 1.90 bits per heavy atom. The predicted octanol–water partition coefficient (Wildman–Crippen LogP) is 5.89. The molecular weight excluding hydrogens is 811 g/mol. The summed E-state index contributed by atoms with van der Waals surface area (Å²) in [5.74, 6) is -4.19. The minimum absolute atomic E-state index is 0.0409. The van der Waals surface area contributed by atoms with Gasteiger partial charge >= 0.3 is 12.1 Å². The molecule has 14 nitrogen and oxygen atoms in total. The Labute approximate surface area is 366 Å². The quantitative estimate of drug-likeness (QED) is 0.0564. The van der Waals surface area contributed by atoms with Crippen molar-refractivity contribution in [2.75, 3.05) is 26.9 Å².